The molecule has 0 aromatic carbocycles. The van der Waals surface area contributed by atoms with E-state index < -0.39 is 21.9 Å². The van der Waals surface area contributed by atoms with Crippen molar-refractivity contribution in [2.24, 2.45) is 5.92 Å². The monoisotopic (exact) mass is 237 g/mol. The molecule has 0 saturated carbocycles. The molecule has 1 atom stereocenters. The predicted molar refractivity (Wildman–Crippen MR) is 58.1 cm³/mol. The van der Waals surface area contributed by atoms with Crippen LogP contribution in [0.3, 0.4) is 0 Å². The first-order chi connectivity index (χ1) is 6.79. The van der Waals surface area contributed by atoms with Gasteiger partial charge in [0.15, 0.2) is 0 Å². The topological polar surface area (TPSA) is 74.7 Å². The van der Waals surface area contributed by atoms with E-state index in [9.17, 15) is 13.2 Å². The highest BCUT2D eigenvalue weighted by Crippen LogP contribution is 2.07. The Labute approximate surface area is 91.1 Å². The van der Waals surface area contributed by atoms with E-state index in [1.54, 1.807) is 0 Å². The predicted octanol–water partition coefficient (Wildman–Crippen LogP) is 0.769. The normalized spacial score (nSPS) is 14.1. The molecule has 0 aliphatic heterocycles. The zero-order chi connectivity index (χ0) is 12.1. The Bertz CT molecular complexity index is 299. The first kappa shape index (κ1) is 14.4. The first-order valence-electron chi connectivity index (χ1n) is 4.97. The van der Waals surface area contributed by atoms with Crippen molar-refractivity contribution in [1.82, 2.24) is 4.31 Å². The second-order valence-corrected chi connectivity index (χ2v) is 5.70. The standard InChI is InChI=1S/C9H19NO4S/c1-4-5-6-10(15(3,13)14)7-8(2)9(11)12/h8H,4-7H2,1-3H3,(H,11,12). The zero-order valence-electron chi connectivity index (χ0n) is 9.43. The van der Waals surface area contributed by atoms with Gasteiger partial charge in [-0.3, -0.25) is 4.79 Å². The number of hydrogen-bond acceptors (Lipinski definition) is 3. The highest BCUT2D eigenvalue weighted by atomic mass is 32.2. The molecule has 15 heavy (non-hydrogen) atoms. The third-order valence-corrected chi connectivity index (χ3v) is 3.40. The van der Waals surface area contributed by atoms with E-state index in [2.05, 4.69) is 0 Å². The van der Waals surface area contributed by atoms with Crippen LogP contribution < -0.4 is 0 Å². The van der Waals surface area contributed by atoms with Crippen LogP contribution in [0.25, 0.3) is 0 Å². The van der Waals surface area contributed by atoms with E-state index in [1.807, 2.05) is 6.92 Å². The van der Waals surface area contributed by atoms with Crippen molar-refractivity contribution in [1.29, 1.82) is 0 Å². The van der Waals surface area contributed by atoms with E-state index in [0.717, 1.165) is 19.1 Å². The molecule has 0 rings (SSSR count). The highest BCUT2D eigenvalue weighted by molar-refractivity contribution is 7.88. The molecule has 6 heteroatoms. The van der Waals surface area contributed by atoms with Gasteiger partial charge < -0.3 is 5.11 Å². The first-order valence-corrected chi connectivity index (χ1v) is 6.81. The number of carboxylic acid groups (broad SMARTS) is 1. The molecule has 0 amide bonds. The number of hydrogen-bond donors (Lipinski definition) is 1. The number of rotatable bonds is 7. The molecule has 0 fully saturated rings. The molecule has 0 radical (unpaired) electrons. The van der Waals surface area contributed by atoms with Crippen LogP contribution in [0.4, 0.5) is 0 Å². The lowest BCUT2D eigenvalue weighted by Gasteiger charge is -2.21. The summed E-state index contributed by atoms with van der Waals surface area (Å²) in [4.78, 5) is 10.6. The van der Waals surface area contributed by atoms with Crippen LogP contribution >= 0.6 is 0 Å². The zero-order valence-corrected chi connectivity index (χ0v) is 10.2. The smallest absolute Gasteiger partial charge is 0.307 e. The fraction of sp³-hybridized carbons (Fsp3) is 0.889. The molecular formula is C9H19NO4S. The Hall–Kier alpha value is -0.620. The summed E-state index contributed by atoms with van der Waals surface area (Å²) in [7, 11) is -3.30. The van der Waals surface area contributed by atoms with Gasteiger partial charge in [0.25, 0.3) is 0 Å². The van der Waals surface area contributed by atoms with Gasteiger partial charge in [0.2, 0.25) is 10.0 Å². The lowest BCUT2D eigenvalue weighted by Crippen LogP contribution is -2.36. The Balaban J connectivity index is 4.45. The average molecular weight is 237 g/mol. The molecule has 0 heterocycles. The lowest BCUT2D eigenvalue weighted by atomic mass is 10.2. The molecule has 90 valence electrons. The number of unbranched alkanes of at least 4 members (excludes halogenated alkanes) is 1. The summed E-state index contributed by atoms with van der Waals surface area (Å²) in [6.07, 6.45) is 2.74. The van der Waals surface area contributed by atoms with E-state index >= 15 is 0 Å². The third-order valence-electron chi connectivity index (χ3n) is 2.13. The Morgan fingerprint density at radius 3 is 2.33 bits per heavy atom. The van der Waals surface area contributed by atoms with Crippen molar-refractivity contribution < 1.29 is 18.3 Å². The maximum atomic E-state index is 11.3. The molecule has 0 aromatic heterocycles. The van der Waals surface area contributed by atoms with Gasteiger partial charge in [0, 0.05) is 13.1 Å². The third kappa shape index (κ3) is 5.74. The van der Waals surface area contributed by atoms with Crippen LogP contribution in [0.1, 0.15) is 26.7 Å². The van der Waals surface area contributed by atoms with Crippen LogP contribution in [-0.2, 0) is 14.8 Å². The van der Waals surface area contributed by atoms with Crippen LogP contribution in [0.5, 0.6) is 0 Å². The maximum Gasteiger partial charge on any atom is 0.307 e. The molecule has 0 aromatic rings. The minimum Gasteiger partial charge on any atom is -0.481 e. The van der Waals surface area contributed by atoms with Gasteiger partial charge in [-0.1, -0.05) is 20.3 Å². The second kappa shape index (κ2) is 6.07. The van der Waals surface area contributed by atoms with E-state index in [-0.39, 0.29) is 6.54 Å². The number of nitrogens with zero attached hydrogens (tertiary/aromatic N) is 1. The molecular weight excluding hydrogens is 218 g/mol. The second-order valence-electron chi connectivity index (χ2n) is 3.71. The minimum atomic E-state index is -3.30. The van der Waals surface area contributed by atoms with Crippen molar-refractivity contribution in [2.45, 2.75) is 26.7 Å². The number of carbonyl (C=O) groups is 1. The summed E-state index contributed by atoms with van der Waals surface area (Å²) in [6.45, 7) is 3.91. The SMILES string of the molecule is CCCCN(CC(C)C(=O)O)S(C)(=O)=O. The van der Waals surface area contributed by atoms with Crippen molar-refractivity contribution in [2.75, 3.05) is 19.3 Å². The van der Waals surface area contributed by atoms with E-state index in [0.29, 0.717) is 6.54 Å². The Morgan fingerprint density at radius 1 is 1.47 bits per heavy atom. The maximum absolute atomic E-state index is 11.3. The number of aliphatic carboxylic acids is 1. The molecule has 1 unspecified atom stereocenters. The fourth-order valence-corrected chi connectivity index (χ4v) is 2.07. The Morgan fingerprint density at radius 2 is 2.00 bits per heavy atom. The number of carboxylic acids is 1. The van der Waals surface area contributed by atoms with Crippen LogP contribution in [0.2, 0.25) is 0 Å². The van der Waals surface area contributed by atoms with Gasteiger partial charge in [0.1, 0.15) is 0 Å². The van der Waals surface area contributed by atoms with Crippen molar-refractivity contribution in [3.05, 3.63) is 0 Å². The Kier molecular flexibility index (Phi) is 5.82. The van der Waals surface area contributed by atoms with E-state index in [4.69, 9.17) is 5.11 Å². The van der Waals surface area contributed by atoms with Gasteiger partial charge in [-0.05, 0) is 6.42 Å². The fourth-order valence-electron chi connectivity index (χ4n) is 1.11. The molecule has 0 spiro atoms. The van der Waals surface area contributed by atoms with Gasteiger partial charge in [-0.2, -0.15) is 0 Å². The van der Waals surface area contributed by atoms with Gasteiger partial charge in [0.05, 0.1) is 12.2 Å². The molecule has 0 bridgehead atoms. The van der Waals surface area contributed by atoms with Crippen LogP contribution in [-0.4, -0.2) is 43.1 Å². The quantitative estimate of drug-likeness (QED) is 0.709. The van der Waals surface area contributed by atoms with Crippen molar-refractivity contribution in [3.63, 3.8) is 0 Å². The van der Waals surface area contributed by atoms with Crippen molar-refractivity contribution in [3.8, 4) is 0 Å². The minimum absolute atomic E-state index is 0.0498. The summed E-state index contributed by atoms with van der Waals surface area (Å²) in [6, 6.07) is 0. The van der Waals surface area contributed by atoms with Crippen LogP contribution in [0, 0.1) is 5.92 Å². The summed E-state index contributed by atoms with van der Waals surface area (Å²) < 4.78 is 23.9. The van der Waals surface area contributed by atoms with Gasteiger partial charge in [-0.25, -0.2) is 12.7 Å². The number of sulfonamides is 1. The highest BCUT2D eigenvalue weighted by Gasteiger charge is 2.22. The molecule has 0 aliphatic carbocycles. The summed E-state index contributed by atoms with van der Waals surface area (Å²) in [5, 5.41) is 8.70. The summed E-state index contributed by atoms with van der Waals surface area (Å²) >= 11 is 0. The lowest BCUT2D eigenvalue weighted by molar-refractivity contribution is -0.141. The summed E-state index contributed by atoms with van der Waals surface area (Å²) in [5.41, 5.74) is 0. The molecule has 0 aliphatic rings. The van der Waals surface area contributed by atoms with E-state index in [1.165, 1.54) is 11.2 Å². The van der Waals surface area contributed by atoms with Gasteiger partial charge in [-0.15, -0.1) is 0 Å². The van der Waals surface area contributed by atoms with Crippen molar-refractivity contribution >= 4 is 16.0 Å². The summed E-state index contributed by atoms with van der Waals surface area (Å²) in [5.74, 6) is -1.64. The molecule has 1 N–H and O–H groups in total. The molecule has 5 nitrogen and oxygen atoms in total. The molecule has 0 saturated heterocycles. The van der Waals surface area contributed by atoms with Crippen LogP contribution in [0.15, 0.2) is 0 Å². The largest absolute Gasteiger partial charge is 0.481 e. The average Bonchev–Trinajstić information content (AvgIpc) is 2.09. The van der Waals surface area contributed by atoms with Gasteiger partial charge >= 0.3 is 5.97 Å².